The fourth-order valence-electron chi connectivity index (χ4n) is 5.06. The van der Waals surface area contributed by atoms with E-state index >= 15 is 0 Å². The highest BCUT2D eigenvalue weighted by molar-refractivity contribution is 7.26. The van der Waals surface area contributed by atoms with Gasteiger partial charge in [0.25, 0.3) is 0 Å². The van der Waals surface area contributed by atoms with Crippen molar-refractivity contribution in [2.75, 3.05) is 19.7 Å². The molecule has 4 aromatic rings. The molecule has 0 radical (unpaired) electrons. The maximum atomic E-state index is 14.1. The molecule has 2 saturated heterocycles. The molecule has 0 amide bonds. The van der Waals surface area contributed by atoms with E-state index in [1.165, 1.54) is 11.3 Å². The number of aromatic nitrogens is 3. The summed E-state index contributed by atoms with van der Waals surface area (Å²) in [5, 5.41) is 2.13. The summed E-state index contributed by atoms with van der Waals surface area (Å²) in [5.41, 5.74) is 0.766. The number of nitrogens with zero attached hydrogens (tertiary/aromatic N) is 4. The van der Waals surface area contributed by atoms with Gasteiger partial charge in [-0.25, -0.2) is 9.37 Å². The van der Waals surface area contributed by atoms with Crippen LogP contribution in [0.25, 0.3) is 20.3 Å². The van der Waals surface area contributed by atoms with Gasteiger partial charge < -0.3 is 9.47 Å². The third kappa shape index (κ3) is 3.80. The number of pyridine rings is 1. The maximum Gasteiger partial charge on any atom is 0.321 e. The topological polar surface area (TPSA) is 60.4 Å². The van der Waals surface area contributed by atoms with Gasteiger partial charge in [-0.05, 0) is 31.0 Å². The number of hydrogen-bond acceptors (Lipinski definition) is 7. The molecule has 0 bridgehead atoms. The first-order chi connectivity index (χ1) is 16.1. The fraction of sp³-hybridized carbons (Fsp3) is 0.375. The summed E-state index contributed by atoms with van der Waals surface area (Å²) < 4.78 is 27.3. The van der Waals surface area contributed by atoms with Gasteiger partial charge in [0.2, 0.25) is 5.88 Å². The second kappa shape index (κ2) is 8.34. The molecule has 0 unspecified atom stereocenters. The first-order valence-electron chi connectivity index (χ1n) is 11.0. The van der Waals surface area contributed by atoms with Crippen molar-refractivity contribution in [2.24, 2.45) is 0 Å². The summed E-state index contributed by atoms with van der Waals surface area (Å²) in [6.07, 6.45) is 3.35. The van der Waals surface area contributed by atoms with Crippen molar-refractivity contribution in [1.29, 1.82) is 0 Å². The van der Waals surface area contributed by atoms with E-state index in [4.69, 9.17) is 21.1 Å². The minimum atomic E-state index is -0.806. The molecule has 33 heavy (non-hydrogen) atoms. The van der Waals surface area contributed by atoms with Crippen molar-refractivity contribution in [3.8, 4) is 11.9 Å². The van der Waals surface area contributed by atoms with Crippen LogP contribution in [-0.2, 0) is 6.61 Å². The van der Waals surface area contributed by atoms with Crippen molar-refractivity contribution in [2.45, 2.75) is 37.6 Å². The fourth-order valence-corrected chi connectivity index (χ4v) is 6.37. The zero-order chi connectivity index (χ0) is 22.4. The lowest BCUT2D eigenvalue weighted by Gasteiger charge is -2.30. The van der Waals surface area contributed by atoms with Gasteiger partial charge in [-0.2, -0.15) is 9.97 Å². The number of thiophene rings is 1. The Hall–Kier alpha value is -2.55. The lowest BCUT2D eigenvalue weighted by atomic mass is 9.95. The van der Waals surface area contributed by atoms with Gasteiger partial charge in [-0.3, -0.25) is 4.90 Å². The molecule has 0 saturated carbocycles. The van der Waals surface area contributed by atoms with Gasteiger partial charge in [0.15, 0.2) is 0 Å². The molecule has 3 aromatic heterocycles. The highest BCUT2D eigenvalue weighted by Crippen LogP contribution is 2.42. The van der Waals surface area contributed by atoms with Crippen molar-refractivity contribution >= 4 is 43.2 Å². The maximum absolute atomic E-state index is 14.1. The predicted molar refractivity (Wildman–Crippen MR) is 127 cm³/mol. The number of ether oxygens (including phenoxy) is 2. The monoisotopic (exact) mass is 484 g/mol. The Morgan fingerprint density at radius 1 is 1.18 bits per heavy atom. The molecule has 2 aliphatic rings. The summed E-state index contributed by atoms with van der Waals surface area (Å²) in [6, 6.07) is 12.1. The molecule has 6 rings (SSSR count). The Labute approximate surface area is 199 Å². The van der Waals surface area contributed by atoms with Crippen LogP contribution in [0.15, 0.2) is 42.6 Å². The lowest BCUT2D eigenvalue weighted by Crippen LogP contribution is -2.43. The van der Waals surface area contributed by atoms with E-state index in [0.717, 1.165) is 45.3 Å². The van der Waals surface area contributed by atoms with E-state index in [1.807, 2.05) is 36.4 Å². The Balaban J connectivity index is 1.36. The molecule has 6 nitrogen and oxygen atoms in total. The SMILES string of the molecule is F[C@H]1CN2CCC[C@@]2(COc2nc(OCc3ccccc3)c3c(n2)sc2c(Cl)nccc23)C1. The molecule has 1 aromatic carbocycles. The Bertz CT molecular complexity index is 1320. The highest BCUT2D eigenvalue weighted by atomic mass is 35.5. The summed E-state index contributed by atoms with van der Waals surface area (Å²) in [5.74, 6) is 0.447. The normalized spacial score (nSPS) is 22.8. The third-order valence-electron chi connectivity index (χ3n) is 6.60. The molecule has 0 aliphatic carbocycles. The van der Waals surface area contributed by atoms with Gasteiger partial charge in [-0.15, -0.1) is 11.3 Å². The zero-order valence-electron chi connectivity index (χ0n) is 17.8. The molecule has 2 atom stereocenters. The van der Waals surface area contributed by atoms with Crippen LogP contribution in [0.5, 0.6) is 11.9 Å². The Morgan fingerprint density at radius 2 is 2.06 bits per heavy atom. The molecular formula is C24H22ClFN4O2S. The number of halogens is 2. The smallest absolute Gasteiger partial charge is 0.321 e. The standard InChI is InChI=1S/C24H22ClFN4O2S/c25-20-19-17(7-9-27-20)18-21(31-13-15-5-2-1-3-6-15)28-23(29-22(18)33-19)32-14-24-8-4-10-30(24)12-16(26)11-24/h1-3,5-7,9,16H,4,8,10-14H2/t16-,24+/m1/s1. The molecule has 170 valence electrons. The van der Waals surface area contributed by atoms with E-state index in [0.29, 0.717) is 37.2 Å². The zero-order valence-corrected chi connectivity index (χ0v) is 19.4. The van der Waals surface area contributed by atoms with Crippen LogP contribution in [0, 0.1) is 0 Å². The number of fused-ring (bicyclic) bond motifs is 4. The minimum absolute atomic E-state index is 0.240. The summed E-state index contributed by atoms with van der Waals surface area (Å²) in [7, 11) is 0. The van der Waals surface area contributed by atoms with Crippen LogP contribution >= 0.6 is 22.9 Å². The van der Waals surface area contributed by atoms with Crippen molar-refractivity contribution in [1.82, 2.24) is 19.9 Å². The lowest BCUT2D eigenvalue weighted by molar-refractivity contribution is 0.107. The first-order valence-corrected chi connectivity index (χ1v) is 12.2. The summed E-state index contributed by atoms with van der Waals surface area (Å²) in [6.45, 7) is 2.13. The average Bonchev–Trinajstić information content (AvgIpc) is 3.47. The second-order valence-corrected chi connectivity index (χ2v) is 10.1. The highest BCUT2D eigenvalue weighted by Gasteiger charge is 2.49. The Morgan fingerprint density at radius 3 is 2.94 bits per heavy atom. The molecule has 2 fully saturated rings. The van der Waals surface area contributed by atoms with Crippen LogP contribution in [0.1, 0.15) is 24.8 Å². The van der Waals surface area contributed by atoms with Crippen molar-refractivity contribution in [3.05, 3.63) is 53.3 Å². The molecule has 2 aliphatic heterocycles. The minimum Gasteiger partial charge on any atom is -0.472 e. The first kappa shape index (κ1) is 21.0. The van der Waals surface area contributed by atoms with Gasteiger partial charge in [-0.1, -0.05) is 41.9 Å². The van der Waals surface area contributed by atoms with Gasteiger partial charge >= 0.3 is 6.01 Å². The third-order valence-corrected chi connectivity index (χ3v) is 8.11. The van der Waals surface area contributed by atoms with E-state index in [-0.39, 0.29) is 11.5 Å². The van der Waals surface area contributed by atoms with Crippen LogP contribution in [0.2, 0.25) is 5.15 Å². The van der Waals surface area contributed by atoms with Crippen LogP contribution in [0.3, 0.4) is 0 Å². The van der Waals surface area contributed by atoms with Crippen LogP contribution in [0.4, 0.5) is 4.39 Å². The largest absolute Gasteiger partial charge is 0.472 e. The van der Waals surface area contributed by atoms with E-state index in [9.17, 15) is 4.39 Å². The van der Waals surface area contributed by atoms with Crippen molar-refractivity contribution in [3.63, 3.8) is 0 Å². The number of alkyl halides is 1. The number of hydrogen-bond donors (Lipinski definition) is 0. The molecular weight excluding hydrogens is 463 g/mol. The molecule has 0 spiro atoms. The van der Waals surface area contributed by atoms with Crippen LogP contribution in [-0.4, -0.2) is 51.3 Å². The number of rotatable bonds is 6. The van der Waals surface area contributed by atoms with Gasteiger partial charge in [0.05, 0.1) is 15.6 Å². The van der Waals surface area contributed by atoms with E-state index in [2.05, 4.69) is 19.9 Å². The quantitative estimate of drug-likeness (QED) is 0.340. The molecule has 5 heterocycles. The summed E-state index contributed by atoms with van der Waals surface area (Å²) >= 11 is 7.79. The average molecular weight is 485 g/mol. The van der Waals surface area contributed by atoms with Crippen molar-refractivity contribution < 1.29 is 13.9 Å². The Kier molecular flexibility index (Phi) is 5.31. The molecule has 9 heteroatoms. The predicted octanol–water partition coefficient (Wildman–Crippen LogP) is 5.43. The summed E-state index contributed by atoms with van der Waals surface area (Å²) in [4.78, 5) is 16.4. The number of benzene rings is 1. The van der Waals surface area contributed by atoms with E-state index < -0.39 is 6.17 Å². The van der Waals surface area contributed by atoms with Gasteiger partial charge in [0.1, 0.15) is 29.4 Å². The van der Waals surface area contributed by atoms with Gasteiger partial charge in [0, 0.05) is 24.5 Å². The van der Waals surface area contributed by atoms with Crippen LogP contribution < -0.4 is 9.47 Å². The second-order valence-electron chi connectivity index (χ2n) is 8.71. The van der Waals surface area contributed by atoms with E-state index in [1.54, 1.807) is 6.20 Å². The molecule has 0 N–H and O–H groups in total.